The Bertz CT molecular complexity index is 666. The standard InChI is InChI=1S/C20H26N4O/c1-2-8-22-19(4-1)24-12-13-25-17-20(16-24)7-3-11-23(15-20)14-18-5-9-21-10-6-18/h1-2,4-6,8-10H,3,7,11-17H2/t20-/m1/s1. The first-order valence-corrected chi connectivity index (χ1v) is 9.18. The van der Waals surface area contributed by atoms with E-state index in [1.807, 2.05) is 24.7 Å². The molecule has 0 saturated carbocycles. The highest BCUT2D eigenvalue weighted by Gasteiger charge is 2.39. The molecule has 0 bridgehead atoms. The predicted octanol–water partition coefficient (Wildman–Crippen LogP) is 2.60. The highest BCUT2D eigenvalue weighted by atomic mass is 16.5. The molecule has 0 N–H and O–H groups in total. The zero-order chi connectivity index (χ0) is 17.0. The Kier molecular flexibility index (Phi) is 4.95. The fourth-order valence-corrected chi connectivity index (χ4v) is 4.17. The summed E-state index contributed by atoms with van der Waals surface area (Å²) in [6.45, 7) is 6.81. The van der Waals surface area contributed by atoms with Gasteiger partial charge in [0, 0.05) is 50.2 Å². The average molecular weight is 338 g/mol. The summed E-state index contributed by atoms with van der Waals surface area (Å²) in [5.41, 5.74) is 1.53. The first-order valence-electron chi connectivity index (χ1n) is 9.18. The lowest BCUT2D eigenvalue weighted by molar-refractivity contribution is 0.0106. The summed E-state index contributed by atoms with van der Waals surface area (Å²) < 4.78 is 6.03. The van der Waals surface area contributed by atoms with E-state index >= 15 is 0 Å². The zero-order valence-electron chi connectivity index (χ0n) is 14.7. The van der Waals surface area contributed by atoms with E-state index in [9.17, 15) is 0 Å². The first kappa shape index (κ1) is 16.5. The molecule has 0 amide bonds. The summed E-state index contributed by atoms with van der Waals surface area (Å²) >= 11 is 0. The van der Waals surface area contributed by atoms with E-state index in [1.54, 1.807) is 0 Å². The van der Waals surface area contributed by atoms with Crippen LogP contribution in [-0.2, 0) is 11.3 Å². The number of hydrogen-bond donors (Lipinski definition) is 0. The SMILES string of the molecule is c1ccc(N2CCOC[C@@]3(CCCN(Cc4ccncc4)C3)C2)nc1. The number of likely N-dealkylation sites (tertiary alicyclic amines) is 1. The number of aromatic nitrogens is 2. The lowest BCUT2D eigenvalue weighted by Gasteiger charge is -2.43. The van der Waals surface area contributed by atoms with Crippen molar-refractivity contribution in [3.05, 3.63) is 54.5 Å². The molecule has 2 aliphatic rings. The third-order valence-corrected chi connectivity index (χ3v) is 5.31. The molecule has 25 heavy (non-hydrogen) atoms. The number of ether oxygens (including phenoxy) is 1. The second kappa shape index (κ2) is 7.50. The predicted molar refractivity (Wildman–Crippen MR) is 98.5 cm³/mol. The van der Waals surface area contributed by atoms with Crippen LogP contribution in [0.25, 0.3) is 0 Å². The molecular formula is C20H26N4O. The van der Waals surface area contributed by atoms with E-state index in [1.165, 1.54) is 18.4 Å². The maximum absolute atomic E-state index is 6.03. The van der Waals surface area contributed by atoms with Crippen molar-refractivity contribution in [2.24, 2.45) is 5.41 Å². The van der Waals surface area contributed by atoms with Gasteiger partial charge in [0.25, 0.3) is 0 Å². The van der Waals surface area contributed by atoms with E-state index in [2.05, 4.69) is 44.0 Å². The van der Waals surface area contributed by atoms with Crippen LogP contribution in [0.2, 0.25) is 0 Å². The molecular weight excluding hydrogens is 312 g/mol. The normalized spacial score (nSPS) is 25.0. The zero-order valence-corrected chi connectivity index (χ0v) is 14.7. The van der Waals surface area contributed by atoms with E-state index in [0.717, 1.165) is 51.8 Å². The Morgan fingerprint density at radius 2 is 1.96 bits per heavy atom. The minimum Gasteiger partial charge on any atom is -0.379 e. The van der Waals surface area contributed by atoms with Gasteiger partial charge in [-0.1, -0.05) is 6.07 Å². The molecule has 0 unspecified atom stereocenters. The number of nitrogens with zero attached hydrogens (tertiary/aromatic N) is 4. The summed E-state index contributed by atoms with van der Waals surface area (Å²) in [6, 6.07) is 10.4. The fraction of sp³-hybridized carbons (Fsp3) is 0.500. The van der Waals surface area contributed by atoms with Crippen molar-refractivity contribution in [3.8, 4) is 0 Å². The van der Waals surface area contributed by atoms with Gasteiger partial charge in [0.05, 0.1) is 13.2 Å². The molecule has 4 heterocycles. The summed E-state index contributed by atoms with van der Waals surface area (Å²) in [5, 5.41) is 0. The van der Waals surface area contributed by atoms with Gasteiger partial charge in [-0.05, 0) is 49.2 Å². The second-order valence-electron chi connectivity index (χ2n) is 7.33. The highest BCUT2D eigenvalue weighted by Crippen LogP contribution is 2.34. The van der Waals surface area contributed by atoms with Crippen molar-refractivity contribution in [1.29, 1.82) is 0 Å². The molecule has 0 aliphatic carbocycles. The molecule has 0 aromatic carbocycles. The molecule has 2 aromatic heterocycles. The van der Waals surface area contributed by atoms with Crippen LogP contribution in [0.15, 0.2) is 48.9 Å². The maximum Gasteiger partial charge on any atom is 0.128 e. The molecule has 5 heteroatoms. The van der Waals surface area contributed by atoms with E-state index < -0.39 is 0 Å². The maximum atomic E-state index is 6.03. The molecule has 1 spiro atoms. The molecule has 2 aliphatic heterocycles. The minimum absolute atomic E-state index is 0.194. The van der Waals surface area contributed by atoms with Crippen molar-refractivity contribution in [2.75, 3.05) is 44.3 Å². The summed E-state index contributed by atoms with van der Waals surface area (Å²) in [5.74, 6) is 1.07. The summed E-state index contributed by atoms with van der Waals surface area (Å²) in [4.78, 5) is 13.7. The van der Waals surface area contributed by atoms with Crippen LogP contribution in [-0.4, -0.2) is 54.3 Å². The second-order valence-corrected chi connectivity index (χ2v) is 7.33. The number of rotatable bonds is 3. The Balaban J connectivity index is 1.49. The third-order valence-electron chi connectivity index (χ3n) is 5.31. The number of piperidine rings is 1. The van der Waals surface area contributed by atoms with Crippen molar-refractivity contribution in [3.63, 3.8) is 0 Å². The summed E-state index contributed by atoms with van der Waals surface area (Å²) in [7, 11) is 0. The smallest absolute Gasteiger partial charge is 0.128 e. The lowest BCUT2D eigenvalue weighted by Crippen LogP contribution is -2.50. The Hall–Kier alpha value is -1.98. The van der Waals surface area contributed by atoms with Crippen molar-refractivity contribution in [1.82, 2.24) is 14.9 Å². The quantitative estimate of drug-likeness (QED) is 0.860. The van der Waals surface area contributed by atoms with Crippen molar-refractivity contribution >= 4 is 5.82 Å². The molecule has 2 fully saturated rings. The van der Waals surface area contributed by atoms with E-state index in [-0.39, 0.29) is 5.41 Å². The monoisotopic (exact) mass is 338 g/mol. The Morgan fingerprint density at radius 1 is 1.04 bits per heavy atom. The van der Waals surface area contributed by atoms with Crippen LogP contribution in [0, 0.1) is 5.41 Å². The van der Waals surface area contributed by atoms with Gasteiger partial charge in [0.2, 0.25) is 0 Å². The van der Waals surface area contributed by atoms with Gasteiger partial charge >= 0.3 is 0 Å². The van der Waals surface area contributed by atoms with Crippen LogP contribution < -0.4 is 4.90 Å². The van der Waals surface area contributed by atoms with Crippen LogP contribution >= 0.6 is 0 Å². The lowest BCUT2D eigenvalue weighted by atomic mass is 9.80. The minimum atomic E-state index is 0.194. The molecule has 2 aromatic rings. The molecule has 132 valence electrons. The highest BCUT2D eigenvalue weighted by molar-refractivity contribution is 5.38. The summed E-state index contributed by atoms with van der Waals surface area (Å²) in [6.07, 6.45) is 8.09. The van der Waals surface area contributed by atoms with Gasteiger partial charge in [0.1, 0.15) is 5.82 Å². The average Bonchev–Trinajstić information content (AvgIpc) is 2.86. The molecule has 2 saturated heterocycles. The van der Waals surface area contributed by atoms with Gasteiger partial charge in [0.15, 0.2) is 0 Å². The van der Waals surface area contributed by atoms with E-state index in [0.29, 0.717) is 0 Å². The van der Waals surface area contributed by atoms with E-state index in [4.69, 9.17) is 4.74 Å². The van der Waals surface area contributed by atoms with Gasteiger partial charge in [-0.25, -0.2) is 4.98 Å². The number of hydrogen-bond acceptors (Lipinski definition) is 5. The first-order chi connectivity index (χ1) is 12.3. The number of pyridine rings is 2. The van der Waals surface area contributed by atoms with Crippen LogP contribution in [0.5, 0.6) is 0 Å². The van der Waals surface area contributed by atoms with Gasteiger partial charge in [-0.2, -0.15) is 0 Å². The van der Waals surface area contributed by atoms with Crippen LogP contribution in [0.4, 0.5) is 5.82 Å². The van der Waals surface area contributed by atoms with Crippen LogP contribution in [0.3, 0.4) is 0 Å². The van der Waals surface area contributed by atoms with Crippen molar-refractivity contribution in [2.45, 2.75) is 19.4 Å². The van der Waals surface area contributed by atoms with Gasteiger partial charge < -0.3 is 9.64 Å². The van der Waals surface area contributed by atoms with Gasteiger partial charge in [-0.3, -0.25) is 9.88 Å². The topological polar surface area (TPSA) is 41.5 Å². The van der Waals surface area contributed by atoms with Crippen molar-refractivity contribution < 1.29 is 4.74 Å². The number of anilines is 1. The molecule has 1 atom stereocenters. The molecule has 4 rings (SSSR count). The largest absolute Gasteiger partial charge is 0.379 e. The fourth-order valence-electron chi connectivity index (χ4n) is 4.17. The third kappa shape index (κ3) is 3.99. The molecule has 5 nitrogen and oxygen atoms in total. The molecule has 0 radical (unpaired) electrons. The Morgan fingerprint density at radius 3 is 2.80 bits per heavy atom. The Labute approximate surface area is 149 Å². The van der Waals surface area contributed by atoms with Crippen LogP contribution in [0.1, 0.15) is 18.4 Å². The van der Waals surface area contributed by atoms with Gasteiger partial charge in [-0.15, -0.1) is 0 Å².